The molecule has 0 spiro atoms. The Morgan fingerprint density at radius 3 is 3.05 bits per heavy atom. The van der Waals surface area contributed by atoms with Gasteiger partial charge in [-0.25, -0.2) is 0 Å². The second-order valence-electron chi connectivity index (χ2n) is 5.74. The molecule has 1 heterocycles. The van der Waals surface area contributed by atoms with Crippen molar-refractivity contribution < 1.29 is 4.79 Å². The molecule has 1 N–H and O–H groups in total. The molecule has 0 saturated heterocycles. The van der Waals surface area contributed by atoms with Crippen LogP contribution in [0.3, 0.4) is 0 Å². The number of pyridine rings is 1. The van der Waals surface area contributed by atoms with Crippen molar-refractivity contribution in [3.8, 4) is 0 Å². The number of hydrogen-bond acceptors (Lipinski definition) is 3. The first kappa shape index (κ1) is 15.7. The number of likely N-dealkylation sites (N-methyl/N-ethyl adjacent to an activating group) is 1. The van der Waals surface area contributed by atoms with Crippen LogP contribution in [-0.4, -0.2) is 35.9 Å². The van der Waals surface area contributed by atoms with E-state index in [2.05, 4.69) is 16.4 Å². The van der Waals surface area contributed by atoms with Crippen LogP contribution in [0.1, 0.15) is 37.7 Å². The Kier molecular flexibility index (Phi) is 6.41. The van der Waals surface area contributed by atoms with E-state index in [9.17, 15) is 4.79 Å². The monoisotopic (exact) mass is 287 g/mol. The van der Waals surface area contributed by atoms with E-state index >= 15 is 0 Å². The predicted molar refractivity (Wildman–Crippen MR) is 84.7 cm³/mol. The number of amides is 1. The Bertz CT molecular complexity index is 470. The molecule has 1 amide bonds. The van der Waals surface area contributed by atoms with E-state index in [1.54, 1.807) is 6.20 Å². The van der Waals surface area contributed by atoms with Crippen LogP contribution in [0, 0.1) is 0 Å². The van der Waals surface area contributed by atoms with Crippen molar-refractivity contribution in [1.29, 1.82) is 0 Å². The fourth-order valence-electron chi connectivity index (χ4n) is 2.65. The maximum atomic E-state index is 11.9. The van der Waals surface area contributed by atoms with Crippen LogP contribution in [0.25, 0.3) is 0 Å². The molecule has 0 saturated carbocycles. The lowest BCUT2D eigenvalue weighted by Crippen LogP contribution is -2.35. The summed E-state index contributed by atoms with van der Waals surface area (Å²) in [7, 11) is 1.95. The molecule has 0 bridgehead atoms. The Balaban J connectivity index is 1.63. The lowest BCUT2D eigenvalue weighted by Gasteiger charge is -2.17. The van der Waals surface area contributed by atoms with Crippen LogP contribution in [0.5, 0.6) is 0 Å². The summed E-state index contributed by atoms with van der Waals surface area (Å²) in [4.78, 5) is 18.0. The molecule has 0 aliphatic heterocycles. The van der Waals surface area contributed by atoms with E-state index in [-0.39, 0.29) is 5.91 Å². The highest BCUT2D eigenvalue weighted by Crippen LogP contribution is 2.19. The third-order valence-corrected chi connectivity index (χ3v) is 3.74. The molecule has 0 aromatic carbocycles. The number of aromatic nitrogens is 1. The maximum Gasteiger partial charge on any atom is 0.234 e. The van der Waals surface area contributed by atoms with E-state index in [0.717, 1.165) is 25.1 Å². The van der Waals surface area contributed by atoms with Gasteiger partial charge in [-0.1, -0.05) is 17.7 Å². The molecule has 114 valence electrons. The van der Waals surface area contributed by atoms with Crippen LogP contribution in [0.15, 0.2) is 36.2 Å². The average Bonchev–Trinajstić information content (AvgIpc) is 2.49. The first-order chi connectivity index (χ1) is 10.2. The highest BCUT2D eigenvalue weighted by Gasteiger charge is 2.08. The number of nitrogens with zero attached hydrogens (tertiary/aromatic N) is 2. The van der Waals surface area contributed by atoms with Crippen LogP contribution in [0.4, 0.5) is 0 Å². The van der Waals surface area contributed by atoms with Gasteiger partial charge < -0.3 is 5.32 Å². The van der Waals surface area contributed by atoms with E-state index in [4.69, 9.17) is 0 Å². The minimum absolute atomic E-state index is 0.0952. The predicted octanol–water partition coefficient (Wildman–Crippen LogP) is 2.52. The fourth-order valence-corrected chi connectivity index (χ4v) is 2.65. The zero-order chi connectivity index (χ0) is 14.9. The standard InChI is InChI=1S/C17H25N3O/c1-20(13-16-8-5-10-18-12-16)14-17(21)19-11-9-15-6-3-2-4-7-15/h5-6,8,10,12H,2-4,7,9,11,13-14H2,1H3,(H,19,21). The van der Waals surface area contributed by atoms with E-state index in [1.807, 2.05) is 30.3 Å². The highest BCUT2D eigenvalue weighted by atomic mass is 16.2. The van der Waals surface area contributed by atoms with Gasteiger partial charge >= 0.3 is 0 Å². The summed E-state index contributed by atoms with van der Waals surface area (Å²) in [6.07, 6.45) is 12.0. The lowest BCUT2D eigenvalue weighted by atomic mass is 9.97. The molecule has 0 atom stereocenters. The largest absolute Gasteiger partial charge is 0.355 e. The maximum absolute atomic E-state index is 11.9. The van der Waals surface area contributed by atoms with Crippen molar-refractivity contribution in [3.05, 3.63) is 41.7 Å². The summed E-state index contributed by atoms with van der Waals surface area (Å²) >= 11 is 0. The van der Waals surface area contributed by atoms with Crippen molar-refractivity contribution in [2.24, 2.45) is 0 Å². The van der Waals surface area contributed by atoms with Gasteiger partial charge in [-0.15, -0.1) is 0 Å². The van der Waals surface area contributed by atoms with E-state index in [1.165, 1.54) is 31.3 Å². The molecular formula is C17H25N3O. The van der Waals surface area contributed by atoms with Crippen LogP contribution in [0.2, 0.25) is 0 Å². The number of nitrogens with one attached hydrogen (secondary N) is 1. The number of hydrogen-bond donors (Lipinski definition) is 1. The minimum Gasteiger partial charge on any atom is -0.355 e. The van der Waals surface area contributed by atoms with Crippen molar-refractivity contribution in [3.63, 3.8) is 0 Å². The normalized spacial score (nSPS) is 14.9. The van der Waals surface area contributed by atoms with Gasteiger partial charge in [0.05, 0.1) is 6.54 Å². The van der Waals surface area contributed by atoms with Crippen molar-refractivity contribution in [2.75, 3.05) is 20.1 Å². The number of carbonyl (C=O) groups excluding carboxylic acids is 1. The molecule has 4 heteroatoms. The molecule has 0 radical (unpaired) electrons. The minimum atomic E-state index is 0.0952. The molecular weight excluding hydrogens is 262 g/mol. The average molecular weight is 287 g/mol. The first-order valence-corrected chi connectivity index (χ1v) is 7.76. The molecule has 21 heavy (non-hydrogen) atoms. The highest BCUT2D eigenvalue weighted by molar-refractivity contribution is 5.77. The third kappa shape index (κ3) is 6.08. The van der Waals surface area contributed by atoms with Gasteiger partial charge in [0.25, 0.3) is 0 Å². The summed E-state index contributed by atoms with van der Waals surface area (Å²) in [6.45, 7) is 1.92. The SMILES string of the molecule is CN(CC(=O)NCCC1=CCCCC1)Cc1cccnc1. The lowest BCUT2D eigenvalue weighted by molar-refractivity contribution is -0.122. The zero-order valence-corrected chi connectivity index (χ0v) is 12.8. The third-order valence-electron chi connectivity index (χ3n) is 3.74. The van der Waals surface area contributed by atoms with Crippen LogP contribution >= 0.6 is 0 Å². The topological polar surface area (TPSA) is 45.2 Å². The molecule has 1 aliphatic carbocycles. The zero-order valence-electron chi connectivity index (χ0n) is 12.8. The fraction of sp³-hybridized carbons (Fsp3) is 0.529. The first-order valence-electron chi connectivity index (χ1n) is 7.76. The Morgan fingerprint density at radius 1 is 1.43 bits per heavy atom. The molecule has 1 aliphatic rings. The molecule has 0 fully saturated rings. The second kappa shape index (κ2) is 8.57. The van der Waals surface area contributed by atoms with Gasteiger partial charge in [-0.3, -0.25) is 14.7 Å². The number of rotatable bonds is 7. The Labute approximate surface area is 127 Å². The summed E-state index contributed by atoms with van der Waals surface area (Å²) in [5.74, 6) is 0.0952. The van der Waals surface area contributed by atoms with Gasteiger partial charge in [0.1, 0.15) is 0 Å². The van der Waals surface area contributed by atoms with Gasteiger partial charge in [-0.05, 0) is 50.8 Å². The molecule has 4 nitrogen and oxygen atoms in total. The Hall–Kier alpha value is -1.68. The summed E-state index contributed by atoms with van der Waals surface area (Å²) in [6, 6.07) is 3.94. The van der Waals surface area contributed by atoms with Crippen LogP contribution < -0.4 is 5.32 Å². The molecule has 2 rings (SSSR count). The van der Waals surface area contributed by atoms with Crippen LogP contribution in [-0.2, 0) is 11.3 Å². The van der Waals surface area contributed by atoms with Gasteiger partial charge in [-0.2, -0.15) is 0 Å². The van der Waals surface area contributed by atoms with Crippen molar-refractivity contribution in [2.45, 2.75) is 38.6 Å². The number of allylic oxidation sites excluding steroid dienone is 1. The quantitative estimate of drug-likeness (QED) is 0.784. The summed E-state index contributed by atoms with van der Waals surface area (Å²) in [5, 5.41) is 3.01. The van der Waals surface area contributed by atoms with Crippen molar-refractivity contribution >= 4 is 5.91 Å². The van der Waals surface area contributed by atoms with E-state index < -0.39 is 0 Å². The second-order valence-corrected chi connectivity index (χ2v) is 5.74. The smallest absolute Gasteiger partial charge is 0.234 e. The molecule has 0 unspecified atom stereocenters. The molecule has 1 aromatic heterocycles. The molecule has 1 aromatic rings. The van der Waals surface area contributed by atoms with E-state index in [0.29, 0.717) is 6.54 Å². The Morgan fingerprint density at radius 2 is 2.33 bits per heavy atom. The number of carbonyl (C=O) groups is 1. The van der Waals surface area contributed by atoms with Gasteiger partial charge in [0, 0.05) is 25.5 Å². The van der Waals surface area contributed by atoms with Crippen molar-refractivity contribution in [1.82, 2.24) is 15.2 Å². The summed E-state index contributed by atoms with van der Waals surface area (Å²) < 4.78 is 0. The van der Waals surface area contributed by atoms with Gasteiger partial charge in [0.2, 0.25) is 5.91 Å². The summed E-state index contributed by atoms with van der Waals surface area (Å²) in [5.41, 5.74) is 2.63. The van der Waals surface area contributed by atoms with Gasteiger partial charge in [0.15, 0.2) is 0 Å².